The number of benzene rings is 2. The number of hydrogen-bond donors (Lipinski definition) is 2. The van der Waals surface area contributed by atoms with E-state index in [-0.39, 0.29) is 11.6 Å². The maximum atomic E-state index is 12.3. The van der Waals surface area contributed by atoms with Gasteiger partial charge >= 0.3 is 5.69 Å². The number of carbonyl (C=O) groups excluding carboxylic acids is 1. The highest BCUT2D eigenvalue weighted by Gasteiger charge is 2.15. The van der Waals surface area contributed by atoms with Crippen molar-refractivity contribution in [1.82, 2.24) is 24.9 Å². The maximum absolute atomic E-state index is 12.3. The van der Waals surface area contributed by atoms with E-state index in [2.05, 4.69) is 15.3 Å². The molecule has 4 rings (SSSR count). The topological polar surface area (TPSA) is 104 Å². The lowest BCUT2D eigenvalue weighted by molar-refractivity contribution is 0.0951. The van der Waals surface area contributed by atoms with Crippen LogP contribution in [-0.2, 0) is 0 Å². The average Bonchev–Trinajstić information content (AvgIpc) is 2.91. The summed E-state index contributed by atoms with van der Waals surface area (Å²) in [5, 5.41) is 13.4. The van der Waals surface area contributed by atoms with Gasteiger partial charge in [-0.05, 0) is 61.6 Å². The van der Waals surface area contributed by atoms with Gasteiger partial charge in [-0.3, -0.25) is 4.79 Å². The smallest absolute Gasteiger partial charge is 0.384 e. The SMILES string of the molecule is CC.CN(C)CCNC(=O)c1ccc(-c2ccc(N(C)c3nc(=O)n(O)c4ncccc34)cc2)cc1. The Kier molecular flexibility index (Phi) is 8.75. The highest BCUT2D eigenvalue weighted by molar-refractivity contribution is 5.94. The number of aromatic nitrogens is 3. The molecule has 2 aromatic carbocycles. The lowest BCUT2D eigenvalue weighted by Gasteiger charge is -2.20. The quantitative estimate of drug-likeness (QED) is 0.382. The summed E-state index contributed by atoms with van der Waals surface area (Å²) in [6, 6.07) is 18.7. The fourth-order valence-electron chi connectivity index (χ4n) is 3.59. The summed E-state index contributed by atoms with van der Waals surface area (Å²) in [7, 11) is 5.73. The normalized spacial score (nSPS) is 10.6. The Bertz CT molecular complexity index is 1370. The predicted molar refractivity (Wildman–Crippen MR) is 143 cm³/mol. The number of rotatable bonds is 7. The van der Waals surface area contributed by atoms with Crippen LogP contribution in [0.5, 0.6) is 0 Å². The van der Waals surface area contributed by atoms with Crippen molar-refractivity contribution >= 4 is 28.4 Å². The first-order chi connectivity index (χ1) is 17.3. The van der Waals surface area contributed by atoms with E-state index in [1.54, 1.807) is 24.1 Å². The molecule has 0 saturated carbocycles. The molecule has 0 radical (unpaired) electrons. The number of nitrogens with one attached hydrogen (secondary N) is 1. The third kappa shape index (κ3) is 5.87. The Morgan fingerprint density at radius 3 is 2.19 bits per heavy atom. The molecule has 188 valence electrons. The number of anilines is 2. The van der Waals surface area contributed by atoms with Crippen molar-refractivity contribution in [3.8, 4) is 11.1 Å². The van der Waals surface area contributed by atoms with Crippen LogP contribution in [0.25, 0.3) is 22.2 Å². The minimum absolute atomic E-state index is 0.0932. The molecule has 0 aliphatic carbocycles. The van der Waals surface area contributed by atoms with E-state index in [0.29, 0.717) is 28.0 Å². The number of amides is 1. The van der Waals surface area contributed by atoms with Crippen LogP contribution in [0, 0.1) is 0 Å². The van der Waals surface area contributed by atoms with E-state index in [0.717, 1.165) is 23.4 Å². The van der Waals surface area contributed by atoms with E-state index in [4.69, 9.17) is 0 Å². The van der Waals surface area contributed by atoms with E-state index < -0.39 is 5.69 Å². The van der Waals surface area contributed by atoms with Gasteiger partial charge in [-0.25, -0.2) is 9.78 Å². The first kappa shape index (κ1) is 26.4. The van der Waals surface area contributed by atoms with Crippen LogP contribution >= 0.6 is 0 Å². The van der Waals surface area contributed by atoms with Crippen molar-refractivity contribution in [2.75, 3.05) is 39.1 Å². The Labute approximate surface area is 210 Å². The van der Waals surface area contributed by atoms with Gasteiger partial charge in [0.2, 0.25) is 0 Å². The van der Waals surface area contributed by atoms with E-state index in [1.165, 1.54) is 6.20 Å². The van der Waals surface area contributed by atoms with Gasteiger partial charge < -0.3 is 20.3 Å². The number of carbonyl (C=O) groups is 1. The average molecular weight is 489 g/mol. The predicted octanol–water partition coefficient (Wildman–Crippen LogP) is 3.78. The molecule has 0 aliphatic heterocycles. The first-order valence-electron chi connectivity index (χ1n) is 11.8. The van der Waals surface area contributed by atoms with Crippen molar-refractivity contribution in [2.24, 2.45) is 0 Å². The number of nitrogens with zero attached hydrogens (tertiary/aromatic N) is 5. The lowest BCUT2D eigenvalue weighted by atomic mass is 10.0. The van der Waals surface area contributed by atoms with Gasteiger partial charge in [-0.2, -0.15) is 4.98 Å². The van der Waals surface area contributed by atoms with Gasteiger partial charge in [0, 0.05) is 37.6 Å². The Balaban J connectivity index is 0.00000176. The molecule has 2 heterocycles. The molecule has 36 heavy (non-hydrogen) atoms. The number of fused-ring (bicyclic) bond motifs is 1. The third-order valence-corrected chi connectivity index (χ3v) is 5.51. The summed E-state index contributed by atoms with van der Waals surface area (Å²) in [6.45, 7) is 5.38. The molecule has 9 heteroatoms. The standard InChI is InChI=1S/C25H26N6O3.C2H6/c1-29(2)16-15-27-24(32)19-8-6-17(7-9-19)18-10-12-20(13-11-18)30(3)23-21-5-4-14-26-22(21)31(34)25(33)28-23;1-2/h4-14,34H,15-16H2,1-3H3,(H,27,32);1-2H3. The van der Waals surface area contributed by atoms with Crippen molar-refractivity contribution in [2.45, 2.75) is 13.8 Å². The molecule has 9 nitrogen and oxygen atoms in total. The van der Waals surface area contributed by atoms with Crippen LogP contribution in [0.3, 0.4) is 0 Å². The molecule has 0 atom stereocenters. The summed E-state index contributed by atoms with van der Waals surface area (Å²) in [6.07, 6.45) is 1.51. The molecule has 0 bridgehead atoms. The summed E-state index contributed by atoms with van der Waals surface area (Å²) in [4.78, 5) is 36.3. The summed E-state index contributed by atoms with van der Waals surface area (Å²) >= 11 is 0. The highest BCUT2D eigenvalue weighted by atomic mass is 16.5. The minimum Gasteiger partial charge on any atom is -0.422 e. The summed E-state index contributed by atoms with van der Waals surface area (Å²) < 4.78 is 0.446. The summed E-state index contributed by atoms with van der Waals surface area (Å²) in [5.74, 6) is 0.306. The molecule has 2 aromatic heterocycles. The summed E-state index contributed by atoms with van der Waals surface area (Å²) in [5.41, 5.74) is 2.75. The molecule has 0 saturated heterocycles. The fraction of sp³-hybridized carbons (Fsp3) is 0.259. The fourth-order valence-corrected chi connectivity index (χ4v) is 3.59. The van der Waals surface area contributed by atoms with Crippen LogP contribution in [0.4, 0.5) is 11.5 Å². The minimum atomic E-state index is -0.796. The van der Waals surface area contributed by atoms with Crippen LogP contribution in [0.15, 0.2) is 71.7 Å². The molecular weight excluding hydrogens is 456 g/mol. The van der Waals surface area contributed by atoms with E-state index >= 15 is 0 Å². The second kappa shape index (κ2) is 11.9. The molecule has 2 N–H and O–H groups in total. The third-order valence-electron chi connectivity index (χ3n) is 5.51. The highest BCUT2D eigenvalue weighted by Crippen LogP contribution is 2.29. The van der Waals surface area contributed by atoms with Gasteiger partial charge in [0.25, 0.3) is 5.91 Å². The Morgan fingerprint density at radius 2 is 1.58 bits per heavy atom. The first-order valence-corrected chi connectivity index (χ1v) is 11.8. The van der Waals surface area contributed by atoms with Crippen molar-refractivity contribution in [3.63, 3.8) is 0 Å². The number of hydrogen-bond acceptors (Lipinski definition) is 7. The molecular formula is C27H32N6O3. The molecule has 0 fully saturated rings. The molecule has 4 aromatic rings. The maximum Gasteiger partial charge on any atom is 0.384 e. The second-order valence-corrected chi connectivity index (χ2v) is 8.15. The molecule has 0 aliphatic rings. The van der Waals surface area contributed by atoms with Crippen molar-refractivity contribution in [1.29, 1.82) is 0 Å². The zero-order valence-corrected chi connectivity index (χ0v) is 21.3. The number of likely N-dealkylation sites (N-methyl/N-ethyl adjacent to an activating group) is 1. The van der Waals surface area contributed by atoms with Gasteiger partial charge in [0.15, 0.2) is 5.65 Å². The van der Waals surface area contributed by atoms with E-state index in [1.807, 2.05) is 81.4 Å². The zero-order chi connectivity index (χ0) is 26.2. The van der Waals surface area contributed by atoms with Crippen LogP contribution in [-0.4, -0.2) is 64.9 Å². The Morgan fingerprint density at radius 1 is 0.972 bits per heavy atom. The van der Waals surface area contributed by atoms with Crippen LogP contribution in [0.2, 0.25) is 0 Å². The van der Waals surface area contributed by atoms with E-state index in [9.17, 15) is 14.8 Å². The van der Waals surface area contributed by atoms with Crippen molar-refractivity contribution in [3.05, 3.63) is 82.9 Å². The van der Waals surface area contributed by atoms with Gasteiger partial charge in [-0.15, -0.1) is 4.73 Å². The van der Waals surface area contributed by atoms with Crippen LogP contribution in [0.1, 0.15) is 24.2 Å². The Hall–Kier alpha value is -4.24. The molecule has 0 unspecified atom stereocenters. The van der Waals surface area contributed by atoms with Gasteiger partial charge in [0.1, 0.15) is 5.82 Å². The second-order valence-electron chi connectivity index (χ2n) is 8.15. The van der Waals surface area contributed by atoms with Crippen LogP contribution < -0.4 is 15.9 Å². The molecule has 1 amide bonds. The molecule has 0 spiro atoms. The lowest BCUT2D eigenvalue weighted by Crippen LogP contribution is -2.31. The van der Waals surface area contributed by atoms with Crippen molar-refractivity contribution < 1.29 is 10.0 Å². The monoisotopic (exact) mass is 488 g/mol. The van der Waals surface area contributed by atoms with Gasteiger partial charge in [-0.1, -0.05) is 38.1 Å². The number of pyridine rings is 1. The van der Waals surface area contributed by atoms with Gasteiger partial charge in [0.05, 0.1) is 5.39 Å². The zero-order valence-electron chi connectivity index (χ0n) is 21.3. The largest absolute Gasteiger partial charge is 0.422 e.